The molecule has 0 saturated carbocycles. The van der Waals surface area contributed by atoms with Crippen molar-refractivity contribution in [2.24, 2.45) is 0 Å². The summed E-state index contributed by atoms with van der Waals surface area (Å²) in [5, 5.41) is 0. The summed E-state index contributed by atoms with van der Waals surface area (Å²) in [5.74, 6) is -0.444. The second kappa shape index (κ2) is 15.4. The lowest BCUT2D eigenvalue weighted by atomic mass is 9.94. The average Bonchev–Trinajstić information content (AvgIpc) is 2.77. The van der Waals surface area contributed by atoms with E-state index >= 15 is 0 Å². The molecular formula is C24H38BN2O5P. The maximum atomic E-state index is 12.3. The van der Waals surface area contributed by atoms with Gasteiger partial charge in [0.2, 0.25) is 6.54 Å². The lowest BCUT2D eigenvalue weighted by molar-refractivity contribution is -0.0776. The van der Waals surface area contributed by atoms with E-state index in [4.69, 9.17) is 32.9 Å². The van der Waals surface area contributed by atoms with Crippen molar-refractivity contribution in [1.29, 1.82) is 0 Å². The summed E-state index contributed by atoms with van der Waals surface area (Å²) in [6.45, 7) is 21.6. The number of carbonyl (C=O) groups is 1. The summed E-state index contributed by atoms with van der Waals surface area (Å²) in [5.41, 5.74) is 0.463. The number of hydrogen-bond donors (Lipinski definition) is 0. The summed E-state index contributed by atoms with van der Waals surface area (Å²) in [4.78, 5) is 15.7. The van der Waals surface area contributed by atoms with Crippen molar-refractivity contribution in [3.8, 4) is 0 Å². The molecule has 0 spiro atoms. The van der Waals surface area contributed by atoms with Crippen LogP contribution in [-0.2, 0) is 18.5 Å². The first-order valence-corrected chi connectivity index (χ1v) is 12.6. The molecule has 0 heterocycles. The third-order valence-corrected chi connectivity index (χ3v) is 7.15. The number of nitrogens with zero attached hydrogens (tertiary/aromatic N) is 2. The molecule has 0 fully saturated rings. The Bertz CT molecular complexity index is 723. The van der Waals surface area contributed by atoms with Gasteiger partial charge in [0, 0.05) is 12.1 Å². The Kier molecular flexibility index (Phi) is 13.8. The lowest BCUT2D eigenvalue weighted by Gasteiger charge is -2.38. The minimum Gasteiger partial charge on any atom is -0.457 e. The Hall–Kier alpha value is -1.49. The highest BCUT2D eigenvalue weighted by Gasteiger charge is 2.32. The standard InChI is InChI=1S/C24H38BN2O5P/c1-9-22(31-23(25)20(7)30-24(28)21-13-11-10-12-14-21)19(6)32-33(29-16-15-26-8)27(17(2)3)18(4)5/h10-14,17-20,22-23H,9,15-16H2,1-7H3/t19-,20+,22-,23?,33?/m1/s1. The first-order chi connectivity index (χ1) is 15.6. The fourth-order valence-electron chi connectivity index (χ4n) is 3.23. The van der Waals surface area contributed by atoms with Gasteiger partial charge in [-0.15, -0.1) is 0 Å². The predicted octanol–water partition coefficient (Wildman–Crippen LogP) is 5.21. The smallest absolute Gasteiger partial charge is 0.338 e. The quantitative estimate of drug-likeness (QED) is 0.114. The highest BCUT2D eigenvalue weighted by molar-refractivity contribution is 7.44. The minimum absolute atomic E-state index is 0.205. The van der Waals surface area contributed by atoms with E-state index in [9.17, 15) is 4.79 Å². The van der Waals surface area contributed by atoms with E-state index in [0.717, 1.165) is 0 Å². The lowest BCUT2D eigenvalue weighted by Crippen LogP contribution is -2.40. The van der Waals surface area contributed by atoms with E-state index in [-0.39, 0.29) is 30.8 Å². The second-order valence-electron chi connectivity index (χ2n) is 8.35. The molecule has 0 amide bonds. The summed E-state index contributed by atoms with van der Waals surface area (Å²) in [7, 11) is 4.83. The third kappa shape index (κ3) is 10.1. The molecule has 0 saturated heterocycles. The van der Waals surface area contributed by atoms with Gasteiger partial charge in [-0.1, -0.05) is 25.1 Å². The van der Waals surface area contributed by atoms with Crippen molar-refractivity contribution in [3.63, 3.8) is 0 Å². The maximum absolute atomic E-state index is 12.3. The van der Waals surface area contributed by atoms with Crippen LogP contribution < -0.4 is 0 Å². The van der Waals surface area contributed by atoms with Gasteiger partial charge in [0.05, 0.1) is 23.8 Å². The van der Waals surface area contributed by atoms with Crippen LogP contribution in [0.1, 0.15) is 65.2 Å². The van der Waals surface area contributed by atoms with E-state index in [2.05, 4.69) is 37.2 Å². The van der Waals surface area contributed by atoms with Gasteiger partial charge < -0.3 is 23.4 Å². The fourth-order valence-corrected chi connectivity index (χ4v) is 4.94. The molecule has 0 N–H and O–H groups in total. The first kappa shape index (κ1) is 29.5. The van der Waals surface area contributed by atoms with Crippen molar-refractivity contribution < 1.29 is 23.3 Å². The average molecular weight is 476 g/mol. The molecule has 0 aliphatic heterocycles. The van der Waals surface area contributed by atoms with Gasteiger partial charge in [-0.2, -0.15) is 0 Å². The topological polar surface area (TPSA) is 61.6 Å². The molecule has 33 heavy (non-hydrogen) atoms. The Morgan fingerprint density at radius 1 is 1.09 bits per heavy atom. The van der Waals surface area contributed by atoms with E-state index in [1.54, 1.807) is 31.2 Å². The zero-order valence-electron chi connectivity index (χ0n) is 20.9. The molecule has 182 valence electrons. The largest absolute Gasteiger partial charge is 0.457 e. The van der Waals surface area contributed by atoms with Gasteiger partial charge in [0.15, 0.2) is 0 Å². The normalized spacial score (nSPS) is 16.3. The number of hydrogen-bond acceptors (Lipinski definition) is 6. The van der Waals surface area contributed by atoms with Crippen LogP contribution in [0.5, 0.6) is 0 Å². The molecule has 0 aliphatic rings. The SMILES string of the molecule is [B]C(O[C@H](CC)[C@@H](C)OP(OCC[N+]#[C-])N(C(C)C)C(C)C)[C@H](C)OC(=O)c1ccccc1. The van der Waals surface area contributed by atoms with Gasteiger partial charge in [-0.3, -0.25) is 0 Å². The predicted molar refractivity (Wildman–Crippen MR) is 133 cm³/mol. The molecule has 0 aliphatic carbocycles. The maximum Gasteiger partial charge on any atom is 0.338 e. The molecular weight excluding hydrogens is 438 g/mol. The van der Waals surface area contributed by atoms with Gasteiger partial charge in [0.25, 0.3) is 8.53 Å². The molecule has 7 nitrogen and oxygen atoms in total. The Morgan fingerprint density at radius 3 is 2.21 bits per heavy atom. The third-order valence-electron chi connectivity index (χ3n) is 4.93. The Labute approximate surface area is 202 Å². The van der Waals surface area contributed by atoms with Crippen LogP contribution in [0, 0.1) is 6.57 Å². The van der Waals surface area contributed by atoms with Crippen LogP contribution in [0.2, 0.25) is 0 Å². The second-order valence-corrected chi connectivity index (χ2v) is 9.76. The number of esters is 1. The highest BCUT2D eigenvalue weighted by Crippen LogP contribution is 2.47. The zero-order valence-corrected chi connectivity index (χ0v) is 21.8. The van der Waals surface area contributed by atoms with Gasteiger partial charge in [-0.25, -0.2) is 16.0 Å². The van der Waals surface area contributed by atoms with Crippen LogP contribution in [-0.4, -0.2) is 68.0 Å². The van der Waals surface area contributed by atoms with E-state index in [0.29, 0.717) is 18.6 Å². The zero-order chi connectivity index (χ0) is 25.0. The molecule has 0 aromatic heterocycles. The molecule has 1 aromatic rings. The number of rotatable bonds is 15. The van der Waals surface area contributed by atoms with Crippen LogP contribution >= 0.6 is 8.53 Å². The fraction of sp³-hybridized carbons (Fsp3) is 0.667. The van der Waals surface area contributed by atoms with Crippen LogP contribution in [0.15, 0.2) is 30.3 Å². The van der Waals surface area contributed by atoms with Crippen molar-refractivity contribution in [1.82, 2.24) is 4.67 Å². The first-order valence-electron chi connectivity index (χ1n) is 11.5. The monoisotopic (exact) mass is 476 g/mol. The van der Waals surface area contributed by atoms with Gasteiger partial charge >= 0.3 is 5.97 Å². The van der Waals surface area contributed by atoms with E-state index < -0.39 is 26.6 Å². The molecule has 1 aromatic carbocycles. The Balaban J connectivity index is 2.79. The number of carbonyl (C=O) groups excluding carboxylic acids is 1. The van der Waals surface area contributed by atoms with Crippen LogP contribution in [0.3, 0.4) is 0 Å². The van der Waals surface area contributed by atoms with Crippen molar-refractivity contribution in [3.05, 3.63) is 47.3 Å². The van der Waals surface area contributed by atoms with Crippen molar-refractivity contribution in [2.45, 2.75) is 91.3 Å². The number of benzene rings is 1. The number of ether oxygens (including phenoxy) is 2. The van der Waals surface area contributed by atoms with Crippen LogP contribution in [0.4, 0.5) is 0 Å². The summed E-state index contributed by atoms with van der Waals surface area (Å²) < 4.78 is 26.0. The molecule has 0 bridgehead atoms. The molecule has 2 radical (unpaired) electrons. The van der Waals surface area contributed by atoms with Crippen LogP contribution in [0.25, 0.3) is 4.85 Å². The Morgan fingerprint density at radius 2 is 1.70 bits per heavy atom. The van der Waals surface area contributed by atoms with E-state index in [1.807, 2.05) is 19.9 Å². The summed E-state index contributed by atoms with van der Waals surface area (Å²) >= 11 is 0. The summed E-state index contributed by atoms with van der Waals surface area (Å²) in [6.07, 6.45) is -0.633. The minimum atomic E-state index is -1.39. The van der Waals surface area contributed by atoms with Gasteiger partial charge in [-0.05, 0) is 60.1 Å². The summed E-state index contributed by atoms with van der Waals surface area (Å²) in [6, 6.07) is 8.38. The van der Waals surface area contributed by atoms with Crippen molar-refractivity contribution in [2.75, 3.05) is 13.2 Å². The molecule has 1 rings (SSSR count). The van der Waals surface area contributed by atoms with E-state index in [1.165, 1.54) is 0 Å². The molecule has 9 heteroatoms. The van der Waals surface area contributed by atoms with Gasteiger partial charge in [0.1, 0.15) is 20.6 Å². The van der Waals surface area contributed by atoms with Crippen molar-refractivity contribution >= 4 is 22.3 Å². The molecule has 2 unspecified atom stereocenters. The highest BCUT2D eigenvalue weighted by atomic mass is 31.2. The molecule has 5 atom stereocenters.